The largest absolute Gasteiger partial charge is 0.352 e. The minimum Gasteiger partial charge on any atom is -0.352 e. The molecule has 0 saturated heterocycles. The maximum atomic E-state index is 13.6. The van der Waals surface area contributed by atoms with Gasteiger partial charge in [-0.2, -0.15) is 0 Å². The van der Waals surface area contributed by atoms with Crippen LogP contribution in [0, 0.1) is 5.82 Å². The van der Waals surface area contributed by atoms with Crippen molar-refractivity contribution in [2.75, 3.05) is 17.1 Å². The van der Waals surface area contributed by atoms with Gasteiger partial charge in [-0.3, -0.25) is 13.9 Å². The lowest BCUT2D eigenvalue weighted by Crippen LogP contribution is -2.51. The second-order valence-electron chi connectivity index (χ2n) is 9.80. The summed E-state index contributed by atoms with van der Waals surface area (Å²) in [6.45, 7) is 2.09. The van der Waals surface area contributed by atoms with E-state index >= 15 is 0 Å². The molecule has 2 aromatic carbocycles. The van der Waals surface area contributed by atoms with E-state index in [1.165, 1.54) is 30.7 Å². The maximum absolute atomic E-state index is 13.6. The van der Waals surface area contributed by atoms with Crippen LogP contribution in [0.3, 0.4) is 0 Å². The van der Waals surface area contributed by atoms with Gasteiger partial charge in [-0.25, -0.2) is 12.8 Å². The van der Waals surface area contributed by atoms with E-state index in [2.05, 4.69) is 5.32 Å². The molecule has 0 aromatic heterocycles. The number of anilines is 1. The highest BCUT2D eigenvalue weighted by Crippen LogP contribution is 2.23. The SMILES string of the molecule is CC[C@@H](C(=O)NC1CCCCC1)N(Cc1ccccc1Cl)C(=O)CCCN(c1ccc(F)cc1)S(C)(=O)=O. The van der Waals surface area contributed by atoms with E-state index in [0.29, 0.717) is 17.1 Å². The Morgan fingerprint density at radius 2 is 1.74 bits per heavy atom. The first-order valence-electron chi connectivity index (χ1n) is 13.2. The van der Waals surface area contributed by atoms with Crippen molar-refractivity contribution in [2.24, 2.45) is 0 Å². The number of halogens is 2. The monoisotopic (exact) mass is 565 g/mol. The molecule has 10 heteroatoms. The number of carbonyl (C=O) groups excluding carboxylic acids is 2. The van der Waals surface area contributed by atoms with Crippen LogP contribution in [0.15, 0.2) is 48.5 Å². The zero-order valence-electron chi connectivity index (χ0n) is 22.0. The lowest BCUT2D eigenvalue weighted by Gasteiger charge is -2.33. The normalized spacial score (nSPS) is 15.1. The zero-order valence-corrected chi connectivity index (χ0v) is 23.6. The van der Waals surface area contributed by atoms with Gasteiger partial charge in [0.05, 0.1) is 11.9 Å². The van der Waals surface area contributed by atoms with Gasteiger partial charge in [-0.15, -0.1) is 0 Å². The summed E-state index contributed by atoms with van der Waals surface area (Å²) in [6.07, 6.45) is 6.96. The number of amides is 2. The first-order valence-corrected chi connectivity index (χ1v) is 15.4. The Bertz CT molecular complexity index is 1190. The number of nitrogens with one attached hydrogen (secondary N) is 1. The van der Waals surface area contributed by atoms with Gasteiger partial charge in [0.15, 0.2) is 0 Å². The fourth-order valence-corrected chi connectivity index (χ4v) is 6.05. The molecule has 1 saturated carbocycles. The zero-order chi connectivity index (χ0) is 27.7. The number of hydrogen-bond acceptors (Lipinski definition) is 4. The van der Waals surface area contributed by atoms with E-state index in [1.54, 1.807) is 17.0 Å². The van der Waals surface area contributed by atoms with Gasteiger partial charge in [0.25, 0.3) is 0 Å². The fourth-order valence-electron chi connectivity index (χ4n) is 4.89. The van der Waals surface area contributed by atoms with E-state index in [4.69, 9.17) is 11.6 Å². The maximum Gasteiger partial charge on any atom is 0.243 e. The van der Waals surface area contributed by atoms with Crippen molar-refractivity contribution in [3.63, 3.8) is 0 Å². The first-order chi connectivity index (χ1) is 18.1. The molecule has 208 valence electrons. The van der Waals surface area contributed by atoms with Crippen molar-refractivity contribution in [3.8, 4) is 0 Å². The van der Waals surface area contributed by atoms with Crippen molar-refractivity contribution in [1.82, 2.24) is 10.2 Å². The molecule has 2 amide bonds. The molecule has 1 atom stereocenters. The second-order valence-corrected chi connectivity index (χ2v) is 12.1. The smallest absolute Gasteiger partial charge is 0.243 e. The molecule has 0 heterocycles. The van der Waals surface area contributed by atoms with Gasteiger partial charge in [0, 0.05) is 30.6 Å². The van der Waals surface area contributed by atoms with Crippen LogP contribution in [0.4, 0.5) is 10.1 Å². The summed E-state index contributed by atoms with van der Waals surface area (Å²) >= 11 is 6.39. The lowest BCUT2D eigenvalue weighted by atomic mass is 9.95. The van der Waals surface area contributed by atoms with Gasteiger partial charge in [-0.1, -0.05) is 56.0 Å². The Labute approximate surface area is 230 Å². The molecule has 0 bridgehead atoms. The first kappa shape index (κ1) is 29.9. The van der Waals surface area contributed by atoms with Crippen molar-refractivity contribution in [2.45, 2.75) is 76.9 Å². The van der Waals surface area contributed by atoms with Gasteiger partial charge in [0.2, 0.25) is 21.8 Å². The fraction of sp³-hybridized carbons (Fsp3) is 0.500. The van der Waals surface area contributed by atoms with Crippen LogP contribution in [-0.2, 0) is 26.2 Å². The quantitative estimate of drug-likeness (QED) is 0.379. The van der Waals surface area contributed by atoms with Crippen LogP contribution in [0.5, 0.6) is 0 Å². The third kappa shape index (κ3) is 8.43. The molecule has 2 aromatic rings. The van der Waals surface area contributed by atoms with Crippen LogP contribution in [0.25, 0.3) is 0 Å². The van der Waals surface area contributed by atoms with E-state index in [-0.39, 0.29) is 43.8 Å². The molecule has 1 fully saturated rings. The Morgan fingerprint density at radius 1 is 1.08 bits per heavy atom. The molecular weight excluding hydrogens is 529 g/mol. The Hall–Kier alpha value is -2.65. The molecule has 1 aliphatic rings. The van der Waals surface area contributed by atoms with Crippen molar-refractivity contribution in [3.05, 3.63) is 64.9 Å². The topological polar surface area (TPSA) is 86.8 Å². The number of sulfonamides is 1. The number of benzene rings is 2. The van der Waals surface area contributed by atoms with Gasteiger partial charge in [-0.05, 0) is 61.6 Å². The molecule has 0 spiro atoms. The predicted octanol–water partition coefficient (Wildman–Crippen LogP) is 5.28. The van der Waals surface area contributed by atoms with Crippen LogP contribution >= 0.6 is 11.6 Å². The Kier molecular flexibility index (Phi) is 11.0. The molecular formula is C28H37ClFN3O4S. The molecule has 0 unspecified atom stereocenters. The lowest BCUT2D eigenvalue weighted by molar-refractivity contribution is -0.141. The molecule has 1 N–H and O–H groups in total. The second kappa shape index (κ2) is 13.9. The standard InChI is InChI=1S/C28H37ClFN3O4S/c1-3-26(28(35)31-23-11-5-4-6-12-23)32(20-21-10-7-8-13-25(21)29)27(34)14-9-19-33(38(2,36)37)24-17-15-22(30)16-18-24/h7-8,10,13,15-18,23,26H,3-6,9,11-12,14,19-20H2,1-2H3,(H,31,35)/t26-/m0/s1. The highest BCUT2D eigenvalue weighted by molar-refractivity contribution is 7.92. The molecule has 3 rings (SSSR count). The van der Waals surface area contributed by atoms with Gasteiger partial charge >= 0.3 is 0 Å². The predicted molar refractivity (Wildman–Crippen MR) is 149 cm³/mol. The minimum atomic E-state index is -3.65. The van der Waals surface area contributed by atoms with Crippen LogP contribution in [-0.4, -0.2) is 50.0 Å². The van der Waals surface area contributed by atoms with Crippen LogP contribution in [0.2, 0.25) is 5.02 Å². The number of hydrogen-bond donors (Lipinski definition) is 1. The van der Waals surface area contributed by atoms with E-state index in [1.807, 2.05) is 19.1 Å². The summed E-state index contributed by atoms with van der Waals surface area (Å²) in [6, 6.07) is 11.8. The number of carbonyl (C=O) groups is 2. The van der Waals surface area contributed by atoms with Crippen molar-refractivity contribution < 1.29 is 22.4 Å². The summed E-state index contributed by atoms with van der Waals surface area (Å²) in [5.41, 5.74) is 1.06. The highest BCUT2D eigenvalue weighted by atomic mass is 35.5. The third-order valence-corrected chi connectivity index (χ3v) is 8.47. The Morgan fingerprint density at radius 3 is 2.34 bits per heavy atom. The third-order valence-electron chi connectivity index (χ3n) is 6.90. The molecule has 1 aliphatic carbocycles. The highest BCUT2D eigenvalue weighted by Gasteiger charge is 2.30. The van der Waals surface area contributed by atoms with Crippen molar-refractivity contribution in [1.29, 1.82) is 0 Å². The summed E-state index contributed by atoms with van der Waals surface area (Å²) in [7, 11) is -3.65. The Balaban J connectivity index is 1.76. The van der Waals surface area contributed by atoms with Crippen LogP contribution in [0.1, 0.15) is 63.9 Å². The summed E-state index contributed by atoms with van der Waals surface area (Å²) in [5, 5.41) is 3.65. The minimum absolute atomic E-state index is 0.0326. The molecule has 0 aliphatic heterocycles. The number of rotatable bonds is 12. The average molecular weight is 566 g/mol. The number of nitrogens with zero attached hydrogens (tertiary/aromatic N) is 2. The van der Waals surface area contributed by atoms with Crippen molar-refractivity contribution >= 4 is 39.1 Å². The van der Waals surface area contributed by atoms with Gasteiger partial charge in [0.1, 0.15) is 11.9 Å². The van der Waals surface area contributed by atoms with E-state index in [0.717, 1.165) is 41.8 Å². The summed E-state index contributed by atoms with van der Waals surface area (Å²) in [4.78, 5) is 28.4. The summed E-state index contributed by atoms with van der Waals surface area (Å²) in [5.74, 6) is -0.906. The molecule has 0 radical (unpaired) electrons. The molecule has 7 nitrogen and oxygen atoms in total. The van der Waals surface area contributed by atoms with E-state index < -0.39 is 21.9 Å². The van der Waals surface area contributed by atoms with Crippen LogP contribution < -0.4 is 9.62 Å². The van der Waals surface area contributed by atoms with E-state index in [9.17, 15) is 22.4 Å². The average Bonchev–Trinajstić information content (AvgIpc) is 2.88. The summed E-state index contributed by atoms with van der Waals surface area (Å²) < 4.78 is 39.3. The van der Waals surface area contributed by atoms with Gasteiger partial charge < -0.3 is 10.2 Å². The molecule has 38 heavy (non-hydrogen) atoms.